The zero-order valence-corrected chi connectivity index (χ0v) is 14.5. The molecule has 0 heterocycles. The highest BCUT2D eigenvalue weighted by atomic mass is 79.9. The van der Waals surface area contributed by atoms with Gasteiger partial charge in [0.1, 0.15) is 0 Å². The topological polar surface area (TPSA) is 43.4 Å². The molecule has 3 nitrogen and oxygen atoms in total. The van der Waals surface area contributed by atoms with E-state index in [1.165, 1.54) is 7.11 Å². The Morgan fingerprint density at radius 1 is 1.30 bits per heavy atom. The second-order valence-corrected chi connectivity index (χ2v) is 9.16. The Kier molecular flexibility index (Phi) is 6.22. The number of benzene rings is 1. The van der Waals surface area contributed by atoms with Gasteiger partial charge in [0.15, 0.2) is 0 Å². The molecular formula is C15H20BrO3P. The molecule has 1 rings (SSSR count). The minimum absolute atomic E-state index is 0.266. The molecule has 1 aromatic rings. The highest BCUT2D eigenvalue weighted by molar-refractivity contribution is 9.10. The third-order valence-corrected chi connectivity index (χ3v) is 7.73. The maximum Gasteiger partial charge on any atom is 0.334 e. The van der Waals surface area contributed by atoms with Gasteiger partial charge in [0.25, 0.3) is 0 Å². The first kappa shape index (κ1) is 17.2. The molecule has 0 unspecified atom stereocenters. The number of hydrogen-bond donors (Lipinski definition) is 0. The van der Waals surface area contributed by atoms with Crippen LogP contribution in [0.1, 0.15) is 25.1 Å². The van der Waals surface area contributed by atoms with Crippen molar-refractivity contribution < 1.29 is 14.1 Å². The van der Waals surface area contributed by atoms with E-state index in [0.717, 1.165) is 10.0 Å². The maximum atomic E-state index is 13.1. The van der Waals surface area contributed by atoms with Crippen LogP contribution in [0.15, 0.2) is 40.9 Å². The number of esters is 1. The van der Waals surface area contributed by atoms with Crippen LogP contribution in [-0.4, -0.2) is 25.4 Å². The molecule has 0 N–H and O–H groups in total. The monoisotopic (exact) mass is 358 g/mol. The van der Waals surface area contributed by atoms with Crippen LogP contribution in [0.4, 0.5) is 0 Å². The van der Waals surface area contributed by atoms with Crippen molar-refractivity contribution in [3.05, 3.63) is 46.5 Å². The van der Waals surface area contributed by atoms with Crippen LogP contribution in [0.25, 0.3) is 0 Å². The van der Waals surface area contributed by atoms with Crippen molar-refractivity contribution in [2.75, 3.05) is 19.4 Å². The molecule has 20 heavy (non-hydrogen) atoms. The number of carbonyl (C=O) groups is 1. The standard InChI is InChI=1S/C15H20BrO3P/c1-5-20(18,6-2)14(11(3)15(17)19-4)12-7-9-13(16)10-8-12/h7-10,14H,3,5-6H2,1-2,4H3/t14-/m0/s1. The quantitative estimate of drug-likeness (QED) is 0.423. The lowest BCUT2D eigenvalue weighted by Crippen LogP contribution is -2.15. The SMILES string of the molecule is C=C(C(=O)OC)[C@@H](c1ccc(Br)cc1)P(=O)(CC)CC. The van der Waals surface area contributed by atoms with E-state index in [9.17, 15) is 9.36 Å². The zero-order valence-electron chi connectivity index (χ0n) is 12.1. The van der Waals surface area contributed by atoms with Gasteiger partial charge in [-0.05, 0) is 30.0 Å². The molecule has 0 amide bonds. The molecule has 0 fully saturated rings. The van der Waals surface area contributed by atoms with Gasteiger partial charge >= 0.3 is 5.97 Å². The van der Waals surface area contributed by atoms with Crippen molar-refractivity contribution in [2.45, 2.75) is 19.5 Å². The van der Waals surface area contributed by atoms with Crippen molar-refractivity contribution in [1.29, 1.82) is 0 Å². The number of halogens is 1. The summed E-state index contributed by atoms with van der Waals surface area (Å²) in [6, 6.07) is 7.51. The summed E-state index contributed by atoms with van der Waals surface area (Å²) in [5.74, 6) is -0.500. The molecule has 0 saturated carbocycles. The molecule has 0 aliphatic carbocycles. The molecule has 0 radical (unpaired) electrons. The van der Waals surface area contributed by atoms with Crippen LogP contribution in [0, 0.1) is 0 Å². The summed E-state index contributed by atoms with van der Waals surface area (Å²) >= 11 is 3.38. The van der Waals surface area contributed by atoms with Gasteiger partial charge in [-0.25, -0.2) is 4.79 Å². The van der Waals surface area contributed by atoms with Crippen LogP contribution in [0.3, 0.4) is 0 Å². The second-order valence-electron chi connectivity index (χ2n) is 4.56. The van der Waals surface area contributed by atoms with Gasteiger partial charge in [-0.1, -0.05) is 48.5 Å². The van der Waals surface area contributed by atoms with E-state index in [-0.39, 0.29) is 5.57 Å². The predicted octanol–water partition coefficient (Wildman–Crippen LogP) is 4.62. The Balaban J connectivity index is 3.34. The highest BCUT2D eigenvalue weighted by Crippen LogP contribution is 2.61. The lowest BCUT2D eigenvalue weighted by molar-refractivity contribution is -0.136. The third kappa shape index (κ3) is 3.62. The minimum atomic E-state index is -2.57. The van der Waals surface area contributed by atoms with Gasteiger partial charge < -0.3 is 9.30 Å². The lowest BCUT2D eigenvalue weighted by atomic mass is 10.1. The van der Waals surface area contributed by atoms with E-state index in [0.29, 0.717) is 12.3 Å². The molecule has 0 aromatic heterocycles. The Morgan fingerprint density at radius 3 is 2.20 bits per heavy atom. The normalized spacial score (nSPS) is 12.8. The van der Waals surface area contributed by atoms with E-state index >= 15 is 0 Å². The van der Waals surface area contributed by atoms with E-state index in [1.54, 1.807) is 0 Å². The third-order valence-electron chi connectivity index (χ3n) is 3.50. The summed E-state index contributed by atoms with van der Waals surface area (Å²) < 4.78 is 18.8. The van der Waals surface area contributed by atoms with Gasteiger partial charge in [-0.2, -0.15) is 0 Å². The first-order valence-corrected chi connectivity index (χ1v) is 9.43. The Morgan fingerprint density at radius 2 is 1.80 bits per heavy atom. The van der Waals surface area contributed by atoms with Crippen LogP contribution in [-0.2, 0) is 14.1 Å². The van der Waals surface area contributed by atoms with E-state index in [2.05, 4.69) is 22.5 Å². The van der Waals surface area contributed by atoms with Crippen molar-refractivity contribution >= 4 is 29.0 Å². The Hall–Kier alpha value is -0.860. The smallest absolute Gasteiger partial charge is 0.334 e. The fourth-order valence-electron chi connectivity index (χ4n) is 2.23. The summed E-state index contributed by atoms with van der Waals surface area (Å²) in [6.45, 7) is 7.61. The second kappa shape index (κ2) is 7.24. The molecular weight excluding hydrogens is 339 g/mol. The Labute approximate surface area is 128 Å². The molecule has 1 aromatic carbocycles. The van der Waals surface area contributed by atoms with E-state index < -0.39 is 18.8 Å². The molecule has 0 aliphatic rings. The van der Waals surface area contributed by atoms with Crippen molar-refractivity contribution in [3.63, 3.8) is 0 Å². The van der Waals surface area contributed by atoms with E-state index in [4.69, 9.17) is 4.74 Å². The van der Waals surface area contributed by atoms with Gasteiger partial charge in [-0.15, -0.1) is 0 Å². The zero-order chi connectivity index (χ0) is 15.3. The molecule has 1 atom stereocenters. The number of rotatable bonds is 6. The maximum absolute atomic E-state index is 13.1. The van der Waals surface area contributed by atoms with Crippen molar-refractivity contribution in [3.8, 4) is 0 Å². The fourth-order valence-corrected chi connectivity index (χ4v) is 5.06. The number of hydrogen-bond acceptors (Lipinski definition) is 3. The first-order valence-electron chi connectivity index (χ1n) is 6.50. The van der Waals surface area contributed by atoms with Crippen LogP contribution in [0.2, 0.25) is 0 Å². The lowest BCUT2D eigenvalue weighted by Gasteiger charge is -2.27. The summed E-state index contributed by atoms with van der Waals surface area (Å²) in [4.78, 5) is 11.8. The van der Waals surface area contributed by atoms with Crippen molar-refractivity contribution in [2.24, 2.45) is 0 Å². The number of ether oxygens (including phenoxy) is 1. The molecule has 0 saturated heterocycles. The minimum Gasteiger partial charge on any atom is -0.466 e. The van der Waals surface area contributed by atoms with Crippen LogP contribution in [0.5, 0.6) is 0 Å². The summed E-state index contributed by atoms with van der Waals surface area (Å²) in [6.07, 6.45) is 1.06. The van der Waals surface area contributed by atoms with Crippen LogP contribution < -0.4 is 0 Å². The Bertz CT molecular complexity index is 529. The summed E-state index contributed by atoms with van der Waals surface area (Å²) in [5, 5.41) is 0. The summed E-state index contributed by atoms with van der Waals surface area (Å²) in [5.41, 5.74) is 0.635. The first-order chi connectivity index (χ1) is 9.39. The molecule has 110 valence electrons. The van der Waals surface area contributed by atoms with E-state index in [1.807, 2.05) is 38.1 Å². The largest absolute Gasteiger partial charge is 0.466 e. The van der Waals surface area contributed by atoms with Crippen molar-refractivity contribution in [1.82, 2.24) is 0 Å². The number of methoxy groups -OCH3 is 1. The molecule has 0 aliphatic heterocycles. The fraction of sp³-hybridized carbons (Fsp3) is 0.400. The van der Waals surface area contributed by atoms with Gasteiger partial charge in [0.2, 0.25) is 0 Å². The van der Waals surface area contributed by atoms with Crippen LogP contribution >= 0.6 is 23.1 Å². The van der Waals surface area contributed by atoms with Gasteiger partial charge in [-0.3, -0.25) is 0 Å². The molecule has 0 spiro atoms. The van der Waals surface area contributed by atoms with Gasteiger partial charge in [0.05, 0.1) is 19.9 Å². The predicted molar refractivity (Wildman–Crippen MR) is 86.7 cm³/mol. The average molecular weight is 359 g/mol. The summed E-state index contributed by atoms with van der Waals surface area (Å²) in [7, 11) is -1.25. The number of carbonyl (C=O) groups excluding carboxylic acids is 1. The van der Waals surface area contributed by atoms with Gasteiger partial charge in [0, 0.05) is 10.0 Å². The molecule has 0 bridgehead atoms. The average Bonchev–Trinajstić information content (AvgIpc) is 2.48. The highest BCUT2D eigenvalue weighted by Gasteiger charge is 2.36. The molecule has 5 heteroatoms.